The highest BCUT2D eigenvalue weighted by Crippen LogP contribution is 2.56. The van der Waals surface area contributed by atoms with E-state index in [4.69, 9.17) is 0 Å². The Morgan fingerprint density at radius 3 is 2.58 bits per heavy atom. The van der Waals surface area contributed by atoms with Crippen molar-refractivity contribution in [2.75, 3.05) is 0 Å². The van der Waals surface area contributed by atoms with Gasteiger partial charge in [0.15, 0.2) is 0 Å². The minimum atomic E-state index is -1.30. The normalized spacial score (nSPS) is 24.3. The van der Waals surface area contributed by atoms with Gasteiger partial charge in [0.25, 0.3) is 5.91 Å². The van der Waals surface area contributed by atoms with Crippen LogP contribution in [0.2, 0.25) is 0 Å². The molecule has 7 heteroatoms. The van der Waals surface area contributed by atoms with Crippen molar-refractivity contribution in [3.8, 4) is 0 Å². The van der Waals surface area contributed by atoms with Crippen LogP contribution in [-0.2, 0) is 9.59 Å². The number of carboxylic acids is 1. The first-order valence-electron chi connectivity index (χ1n) is 8.74. The highest BCUT2D eigenvalue weighted by atomic mass is 32.2. The summed E-state index contributed by atoms with van der Waals surface area (Å²) >= 11 is 1.55. The number of fused-ring (bicyclic) bond motifs is 3. The summed E-state index contributed by atoms with van der Waals surface area (Å²) in [4.78, 5) is 38.9. The predicted octanol–water partition coefficient (Wildman–Crippen LogP) is 1.32. The molecule has 0 unspecified atom stereocenters. The zero-order chi connectivity index (χ0) is 19.2. The molecule has 26 heavy (non-hydrogen) atoms. The lowest BCUT2D eigenvalue weighted by atomic mass is 9.98. The second kappa shape index (κ2) is 6.61. The lowest BCUT2D eigenvalue weighted by molar-refractivity contribution is -0.308. The fourth-order valence-electron chi connectivity index (χ4n) is 3.74. The second-order valence-electron chi connectivity index (χ2n) is 7.79. The van der Waals surface area contributed by atoms with Gasteiger partial charge in [-0.1, -0.05) is 32.0 Å². The standard InChI is InChI=1S/C19H24N2O4S/c1-10(2)9-13(18(24)25)20-15(22)14-19(3,4)26-17-12-8-6-5-7-11(12)16(23)21(14)17/h5-8,10,13-14,17H,9H2,1-4H3,(H,20,22)(H,24,25)/p-1/t13-,14+,17-/m0/s1. The first-order chi connectivity index (χ1) is 12.1. The van der Waals surface area contributed by atoms with E-state index in [1.54, 1.807) is 28.8 Å². The number of aliphatic carboxylic acids is 1. The molecular weight excluding hydrogens is 352 g/mol. The number of benzene rings is 1. The third kappa shape index (κ3) is 3.09. The average molecular weight is 375 g/mol. The van der Waals surface area contributed by atoms with E-state index in [0.29, 0.717) is 5.56 Å². The second-order valence-corrected chi connectivity index (χ2v) is 9.52. The van der Waals surface area contributed by atoms with Crippen molar-refractivity contribution in [3.63, 3.8) is 0 Å². The van der Waals surface area contributed by atoms with Crippen molar-refractivity contribution < 1.29 is 19.5 Å². The maximum absolute atomic E-state index is 13.0. The Morgan fingerprint density at radius 2 is 1.96 bits per heavy atom. The number of hydrogen-bond donors (Lipinski definition) is 1. The van der Waals surface area contributed by atoms with E-state index in [0.717, 1.165) is 5.56 Å². The summed E-state index contributed by atoms with van der Waals surface area (Å²) in [6.45, 7) is 7.58. The van der Waals surface area contributed by atoms with Crippen LogP contribution >= 0.6 is 11.8 Å². The summed E-state index contributed by atoms with van der Waals surface area (Å²) in [6, 6.07) is 5.55. The van der Waals surface area contributed by atoms with E-state index in [1.807, 2.05) is 39.8 Å². The third-order valence-corrected chi connectivity index (χ3v) is 6.39. The van der Waals surface area contributed by atoms with Crippen molar-refractivity contribution in [1.82, 2.24) is 10.2 Å². The van der Waals surface area contributed by atoms with Gasteiger partial charge in [-0.05, 0) is 37.8 Å². The van der Waals surface area contributed by atoms with Crippen molar-refractivity contribution in [2.45, 2.75) is 56.3 Å². The van der Waals surface area contributed by atoms with Gasteiger partial charge in [-0.15, -0.1) is 11.8 Å². The molecule has 0 aromatic heterocycles. The monoisotopic (exact) mass is 375 g/mol. The highest BCUT2D eigenvalue weighted by molar-refractivity contribution is 8.01. The van der Waals surface area contributed by atoms with Crippen molar-refractivity contribution >= 4 is 29.5 Å². The van der Waals surface area contributed by atoms with Gasteiger partial charge >= 0.3 is 0 Å². The molecule has 2 amide bonds. The van der Waals surface area contributed by atoms with E-state index < -0.39 is 28.7 Å². The molecule has 2 aliphatic rings. The summed E-state index contributed by atoms with van der Waals surface area (Å²) in [7, 11) is 0. The van der Waals surface area contributed by atoms with Gasteiger partial charge in [0.05, 0.1) is 12.0 Å². The van der Waals surface area contributed by atoms with Crippen molar-refractivity contribution in [3.05, 3.63) is 35.4 Å². The summed E-state index contributed by atoms with van der Waals surface area (Å²) in [5.74, 6) is -1.84. The van der Waals surface area contributed by atoms with Crippen LogP contribution in [0.1, 0.15) is 55.4 Å². The summed E-state index contributed by atoms with van der Waals surface area (Å²) < 4.78 is -0.535. The number of carbonyl (C=O) groups excluding carboxylic acids is 3. The van der Waals surface area contributed by atoms with Crippen LogP contribution < -0.4 is 10.4 Å². The molecule has 0 aliphatic carbocycles. The van der Waals surface area contributed by atoms with Gasteiger partial charge in [-0.2, -0.15) is 0 Å². The van der Waals surface area contributed by atoms with Crippen LogP contribution in [0.15, 0.2) is 24.3 Å². The van der Waals surface area contributed by atoms with Crippen molar-refractivity contribution in [1.29, 1.82) is 0 Å². The molecule has 140 valence electrons. The number of amides is 2. The molecule has 1 fully saturated rings. The fourth-order valence-corrected chi connectivity index (χ4v) is 5.33. The number of carboxylic acid groups (broad SMARTS) is 1. The Labute approximate surface area is 157 Å². The molecule has 2 heterocycles. The Balaban J connectivity index is 1.88. The number of hydrogen-bond acceptors (Lipinski definition) is 5. The fraction of sp³-hybridized carbons (Fsp3) is 0.526. The molecule has 2 aliphatic heterocycles. The van der Waals surface area contributed by atoms with Gasteiger partial charge in [0.1, 0.15) is 11.4 Å². The first kappa shape index (κ1) is 18.8. The zero-order valence-electron chi connectivity index (χ0n) is 15.3. The van der Waals surface area contributed by atoms with E-state index in [9.17, 15) is 19.5 Å². The molecule has 3 atom stereocenters. The number of rotatable bonds is 5. The van der Waals surface area contributed by atoms with Crippen LogP contribution in [0.5, 0.6) is 0 Å². The Bertz CT molecular complexity index is 762. The highest BCUT2D eigenvalue weighted by Gasteiger charge is 2.57. The van der Waals surface area contributed by atoms with Crippen LogP contribution in [0.3, 0.4) is 0 Å². The number of nitrogens with zero attached hydrogens (tertiary/aromatic N) is 1. The Kier molecular flexibility index (Phi) is 4.77. The molecule has 0 radical (unpaired) electrons. The van der Waals surface area contributed by atoms with E-state index in [-0.39, 0.29) is 23.6 Å². The zero-order valence-corrected chi connectivity index (χ0v) is 16.1. The molecule has 0 saturated carbocycles. The molecule has 1 N–H and O–H groups in total. The molecule has 0 spiro atoms. The van der Waals surface area contributed by atoms with Crippen LogP contribution in [0.25, 0.3) is 0 Å². The molecule has 3 rings (SSSR count). The van der Waals surface area contributed by atoms with Crippen LogP contribution in [0, 0.1) is 5.92 Å². The average Bonchev–Trinajstić information content (AvgIpc) is 2.97. The lowest BCUT2D eigenvalue weighted by Crippen LogP contribution is -2.57. The number of nitrogens with one attached hydrogen (secondary N) is 1. The first-order valence-corrected chi connectivity index (χ1v) is 9.62. The largest absolute Gasteiger partial charge is 0.548 e. The summed E-state index contributed by atoms with van der Waals surface area (Å²) in [5, 5.41) is 13.8. The lowest BCUT2D eigenvalue weighted by Gasteiger charge is -2.32. The third-order valence-electron chi connectivity index (χ3n) is 4.85. The number of carbonyl (C=O) groups is 3. The van der Waals surface area contributed by atoms with Gasteiger partial charge in [0.2, 0.25) is 5.91 Å². The van der Waals surface area contributed by atoms with Gasteiger partial charge in [-0.3, -0.25) is 9.59 Å². The Morgan fingerprint density at radius 1 is 1.31 bits per heavy atom. The molecule has 1 aromatic carbocycles. The predicted molar refractivity (Wildman–Crippen MR) is 97.2 cm³/mol. The quantitative estimate of drug-likeness (QED) is 0.838. The van der Waals surface area contributed by atoms with E-state index >= 15 is 0 Å². The minimum absolute atomic E-state index is 0.0922. The Hall–Kier alpha value is -2.02. The summed E-state index contributed by atoms with van der Waals surface area (Å²) in [5.41, 5.74) is 1.52. The minimum Gasteiger partial charge on any atom is -0.548 e. The molecule has 1 aromatic rings. The smallest absolute Gasteiger partial charge is 0.256 e. The number of thioether (sulfide) groups is 1. The van der Waals surface area contributed by atoms with Crippen LogP contribution in [-0.4, -0.2) is 39.5 Å². The van der Waals surface area contributed by atoms with Crippen LogP contribution in [0.4, 0.5) is 0 Å². The van der Waals surface area contributed by atoms with Gasteiger partial charge in [-0.25, -0.2) is 0 Å². The molecule has 0 bridgehead atoms. The van der Waals surface area contributed by atoms with Gasteiger partial charge < -0.3 is 20.1 Å². The maximum atomic E-state index is 13.0. The molecule has 1 saturated heterocycles. The SMILES string of the molecule is CC(C)C[C@H](NC(=O)[C@H]1N2C(=O)c3ccccc3[C@@H]2SC1(C)C)C(=O)[O-]. The maximum Gasteiger partial charge on any atom is 0.256 e. The summed E-state index contributed by atoms with van der Waals surface area (Å²) in [6.07, 6.45) is 0.284. The van der Waals surface area contributed by atoms with E-state index in [1.165, 1.54) is 0 Å². The van der Waals surface area contributed by atoms with Crippen molar-refractivity contribution in [2.24, 2.45) is 5.92 Å². The van der Waals surface area contributed by atoms with Gasteiger partial charge in [0, 0.05) is 10.3 Å². The van der Waals surface area contributed by atoms with E-state index in [2.05, 4.69) is 5.32 Å². The molecular formula is C19H23N2O4S-. The molecule has 6 nitrogen and oxygen atoms in total. The topological polar surface area (TPSA) is 89.5 Å².